The summed E-state index contributed by atoms with van der Waals surface area (Å²) in [6, 6.07) is 11.0. The highest BCUT2D eigenvalue weighted by Gasteiger charge is 2.32. The van der Waals surface area contributed by atoms with Crippen LogP contribution in [-0.2, 0) is 9.59 Å². The van der Waals surface area contributed by atoms with Crippen molar-refractivity contribution in [1.29, 1.82) is 0 Å². The lowest BCUT2D eigenvalue weighted by molar-refractivity contribution is -0.384. The molecule has 166 valence electrons. The van der Waals surface area contributed by atoms with E-state index in [4.69, 9.17) is 9.47 Å². The first-order chi connectivity index (χ1) is 15.4. The maximum Gasteiger partial charge on any atom is 0.271 e. The average Bonchev–Trinajstić information content (AvgIpc) is 3.12. The molecule has 1 heterocycles. The van der Waals surface area contributed by atoms with Gasteiger partial charge < -0.3 is 20.1 Å². The maximum absolute atomic E-state index is 12.4. The molecule has 11 nitrogen and oxygen atoms in total. The summed E-state index contributed by atoms with van der Waals surface area (Å²) in [5.41, 5.74) is 0.748. The number of hydrogen-bond donors (Lipinski definition) is 2. The predicted octanol–water partition coefficient (Wildman–Crippen LogP) is 2.56. The zero-order chi connectivity index (χ0) is 23.1. The molecule has 1 unspecified atom stereocenters. The van der Waals surface area contributed by atoms with E-state index in [0.29, 0.717) is 0 Å². The second-order valence-corrected chi connectivity index (χ2v) is 7.60. The summed E-state index contributed by atoms with van der Waals surface area (Å²) in [7, 11) is 2.96. The third-order valence-electron chi connectivity index (χ3n) is 4.29. The molecule has 1 aliphatic heterocycles. The van der Waals surface area contributed by atoms with Crippen LogP contribution in [0.2, 0.25) is 0 Å². The van der Waals surface area contributed by atoms with E-state index in [2.05, 4.69) is 20.8 Å². The lowest BCUT2D eigenvalue weighted by Gasteiger charge is -2.11. The smallest absolute Gasteiger partial charge is 0.271 e. The van der Waals surface area contributed by atoms with Crippen LogP contribution in [0.3, 0.4) is 0 Å². The van der Waals surface area contributed by atoms with Gasteiger partial charge in [0.2, 0.25) is 11.8 Å². The fraction of sp³-hybridized carbons (Fsp3) is 0.200. The number of thioether (sulfide) groups is 1. The molecule has 12 heteroatoms. The van der Waals surface area contributed by atoms with Gasteiger partial charge >= 0.3 is 0 Å². The van der Waals surface area contributed by atoms with Crippen LogP contribution in [0.5, 0.6) is 11.5 Å². The summed E-state index contributed by atoms with van der Waals surface area (Å²) in [5.74, 6) is 0.104. The SMILES string of the molecule is COc1ccc(/C=N/N=C2\NC(=O)C(CC(=O)Nc3cc([N+](=O)[O-])ccc3OC)S2)cc1. The molecule has 2 aromatic rings. The van der Waals surface area contributed by atoms with Crippen molar-refractivity contribution in [3.05, 3.63) is 58.1 Å². The Morgan fingerprint density at radius 1 is 1.25 bits per heavy atom. The number of rotatable bonds is 8. The standard InChI is InChI=1S/C20H19N5O6S/c1-30-14-6-3-12(4-7-14)11-21-24-20-23-19(27)17(32-20)10-18(26)22-15-9-13(25(28)29)5-8-16(15)31-2/h3-9,11,17H,10H2,1-2H3,(H,22,26)(H,23,24,27)/b21-11+. The number of ether oxygens (including phenoxy) is 2. The summed E-state index contributed by atoms with van der Waals surface area (Å²) in [4.78, 5) is 35.0. The molecule has 1 atom stereocenters. The quantitative estimate of drug-likeness (QED) is 0.352. The Kier molecular flexibility index (Phi) is 7.39. The van der Waals surface area contributed by atoms with Gasteiger partial charge in [-0.15, -0.1) is 5.10 Å². The monoisotopic (exact) mass is 457 g/mol. The van der Waals surface area contributed by atoms with E-state index in [0.717, 1.165) is 23.1 Å². The maximum atomic E-state index is 12.4. The third-order valence-corrected chi connectivity index (χ3v) is 5.36. The normalized spacial score (nSPS) is 16.8. The fourth-order valence-electron chi connectivity index (χ4n) is 2.70. The molecule has 0 radical (unpaired) electrons. The van der Waals surface area contributed by atoms with E-state index in [1.807, 2.05) is 0 Å². The summed E-state index contributed by atoms with van der Waals surface area (Å²) >= 11 is 1.07. The van der Waals surface area contributed by atoms with Crippen molar-refractivity contribution in [1.82, 2.24) is 5.32 Å². The van der Waals surface area contributed by atoms with Gasteiger partial charge in [-0.3, -0.25) is 19.7 Å². The van der Waals surface area contributed by atoms with Gasteiger partial charge in [-0.2, -0.15) is 5.10 Å². The van der Waals surface area contributed by atoms with E-state index < -0.39 is 16.1 Å². The molecule has 32 heavy (non-hydrogen) atoms. The second-order valence-electron chi connectivity index (χ2n) is 6.41. The molecular formula is C20H19N5O6S. The molecule has 1 saturated heterocycles. The number of anilines is 1. The van der Waals surface area contributed by atoms with E-state index >= 15 is 0 Å². The molecule has 1 aliphatic rings. The molecule has 0 saturated carbocycles. The summed E-state index contributed by atoms with van der Waals surface area (Å²) in [6.45, 7) is 0. The van der Waals surface area contributed by atoms with Crippen LogP contribution in [0, 0.1) is 10.1 Å². The van der Waals surface area contributed by atoms with Crippen LogP contribution in [0.1, 0.15) is 12.0 Å². The first-order valence-corrected chi connectivity index (χ1v) is 10.1. The van der Waals surface area contributed by atoms with Gasteiger partial charge in [0.1, 0.15) is 16.7 Å². The topological polar surface area (TPSA) is 145 Å². The van der Waals surface area contributed by atoms with Gasteiger partial charge in [0.05, 0.1) is 31.0 Å². The van der Waals surface area contributed by atoms with Gasteiger partial charge in [-0.05, 0) is 35.9 Å². The van der Waals surface area contributed by atoms with E-state index in [1.54, 1.807) is 31.4 Å². The fourth-order valence-corrected chi connectivity index (χ4v) is 3.63. The highest BCUT2D eigenvalue weighted by Crippen LogP contribution is 2.30. The summed E-state index contributed by atoms with van der Waals surface area (Å²) < 4.78 is 10.2. The number of carbonyl (C=O) groups is 2. The molecular weight excluding hydrogens is 438 g/mol. The molecule has 1 fully saturated rings. The lowest BCUT2D eigenvalue weighted by Crippen LogP contribution is -2.28. The number of methoxy groups -OCH3 is 2. The van der Waals surface area contributed by atoms with Crippen molar-refractivity contribution < 1.29 is 24.0 Å². The minimum absolute atomic E-state index is 0.146. The number of nitrogens with one attached hydrogen (secondary N) is 2. The molecule has 2 aromatic carbocycles. The van der Waals surface area contributed by atoms with Crippen molar-refractivity contribution in [3.63, 3.8) is 0 Å². The van der Waals surface area contributed by atoms with Crippen LogP contribution in [0.4, 0.5) is 11.4 Å². The minimum Gasteiger partial charge on any atom is -0.497 e. The molecule has 3 rings (SSSR count). The van der Waals surface area contributed by atoms with Crippen LogP contribution < -0.4 is 20.1 Å². The number of amidine groups is 1. The Bertz CT molecular complexity index is 1090. The number of benzene rings is 2. The van der Waals surface area contributed by atoms with Crippen molar-refractivity contribution in [2.45, 2.75) is 11.7 Å². The van der Waals surface area contributed by atoms with Crippen molar-refractivity contribution in [2.75, 3.05) is 19.5 Å². The van der Waals surface area contributed by atoms with Gasteiger partial charge in [-0.25, -0.2) is 0 Å². The van der Waals surface area contributed by atoms with E-state index in [9.17, 15) is 19.7 Å². The number of hydrogen-bond acceptors (Lipinski definition) is 9. The number of nitrogens with zero attached hydrogens (tertiary/aromatic N) is 3. The lowest BCUT2D eigenvalue weighted by atomic mass is 10.2. The highest BCUT2D eigenvalue weighted by atomic mass is 32.2. The van der Waals surface area contributed by atoms with Crippen LogP contribution in [-0.4, -0.2) is 47.6 Å². The molecule has 0 aromatic heterocycles. The first kappa shape index (κ1) is 22.7. The highest BCUT2D eigenvalue weighted by molar-refractivity contribution is 8.15. The second kappa shape index (κ2) is 10.4. The number of non-ortho nitro benzene ring substituents is 1. The Hall–Kier alpha value is -3.93. The molecule has 0 bridgehead atoms. The van der Waals surface area contributed by atoms with Gasteiger partial charge in [0.15, 0.2) is 5.17 Å². The minimum atomic E-state index is -0.713. The van der Waals surface area contributed by atoms with Crippen LogP contribution in [0.15, 0.2) is 52.7 Å². The zero-order valence-corrected chi connectivity index (χ0v) is 17.9. The molecule has 0 spiro atoms. The third kappa shape index (κ3) is 5.82. The number of carbonyl (C=O) groups excluding carboxylic acids is 2. The predicted molar refractivity (Wildman–Crippen MR) is 120 cm³/mol. The molecule has 2 N–H and O–H groups in total. The number of amides is 2. The van der Waals surface area contributed by atoms with Gasteiger partial charge in [0, 0.05) is 18.6 Å². The average molecular weight is 457 g/mol. The largest absolute Gasteiger partial charge is 0.497 e. The van der Waals surface area contributed by atoms with E-state index in [1.165, 1.54) is 31.5 Å². The van der Waals surface area contributed by atoms with Crippen molar-refractivity contribution >= 4 is 46.3 Å². The van der Waals surface area contributed by atoms with E-state index in [-0.39, 0.29) is 34.6 Å². The Morgan fingerprint density at radius 3 is 2.66 bits per heavy atom. The summed E-state index contributed by atoms with van der Waals surface area (Å²) in [6.07, 6.45) is 1.36. The summed E-state index contributed by atoms with van der Waals surface area (Å²) in [5, 5.41) is 23.6. The Labute approximate surface area is 187 Å². The molecule has 2 amide bonds. The van der Waals surface area contributed by atoms with Gasteiger partial charge in [0.25, 0.3) is 5.69 Å². The van der Waals surface area contributed by atoms with Crippen molar-refractivity contribution in [2.24, 2.45) is 10.2 Å². The van der Waals surface area contributed by atoms with Crippen LogP contribution in [0.25, 0.3) is 0 Å². The zero-order valence-electron chi connectivity index (χ0n) is 17.1. The number of nitro groups is 1. The molecule has 0 aliphatic carbocycles. The van der Waals surface area contributed by atoms with Crippen LogP contribution >= 0.6 is 11.8 Å². The Balaban J connectivity index is 1.60. The Morgan fingerprint density at radius 2 is 2.00 bits per heavy atom. The first-order valence-electron chi connectivity index (χ1n) is 9.24. The van der Waals surface area contributed by atoms with Gasteiger partial charge in [-0.1, -0.05) is 11.8 Å². The van der Waals surface area contributed by atoms with Crippen molar-refractivity contribution in [3.8, 4) is 11.5 Å². The number of nitro benzene ring substituents is 1.